The molecule has 1 amide bonds. The third kappa shape index (κ3) is 5.33. The fourth-order valence-corrected chi connectivity index (χ4v) is 4.07. The van der Waals surface area contributed by atoms with Crippen LogP contribution in [0.5, 0.6) is 5.88 Å². The van der Waals surface area contributed by atoms with E-state index in [9.17, 15) is 9.59 Å². The highest BCUT2D eigenvalue weighted by Gasteiger charge is 2.19. The largest absolute Gasteiger partial charge is 0.468 e. The molecule has 0 unspecified atom stereocenters. The number of benzene rings is 3. The normalized spacial score (nSPS) is 10.8. The zero-order valence-electron chi connectivity index (χ0n) is 17.2. The molecule has 1 N–H and O–H groups in total. The number of carbonyl (C=O) groups excluding carboxylic acids is 2. The number of anilines is 1. The second kappa shape index (κ2) is 9.87. The number of rotatable bonds is 6. The molecule has 0 saturated heterocycles. The van der Waals surface area contributed by atoms with Gasteiger partial charge in [0.15, 0.2) is 6.61 Å². The van der Waals surface area contributed by atoms with Crippen LogP contribution in [-0.2, 0) is 4.79 Å². The maximum absolute atomic E-state index is 12.8. The Hall–Kier alpha value is -3.00. The van der Waals surface area contributed by atoms with Gasteiger partial charge in [0.25, 0.3) is 0 Å². The van der Waals surface area contributed by atoms with E-state index in [4.69, 9.17) is 32.9 Å². The first-order chi connectivity index (χ1) is 15.8. The summed E-state index contributed by atoms with van der Waals surface area (Å²) in [7, 11) is 0. The van der Waals surface area contributed by atoms with Crippen LogP contribution < -0.4 is 10.1 Å². The van der Waals surface area contributed by atoms with Gasteiger partial charge in [0.1, 0.15) is 5.69 Å². The molecule has 166 valence electrons. The Labute approximate surface area is 208 Å². The van der Waals surface area contributed by atoms with Gasteiger partial charge in [-0.1, -0.05) is 51.3 Å². The molecule has 4 aromatic rings. The van der Waals surface area contributed by atoms with Crippen molar-refractivity contribution in [1.29, 1.82) is 0 Å². The Kier molecular flexibility index (Phi) is 6.93. The molecule has 0 aliphatic heterocycles. The van der Waals surface area contributed by atoms with Crippen LogP contribution in [0.4, 0.5) is 5.69 Å². The molecular weight excluding hydrogens is 529 g/mol. The molecule has 1 aromatic heterocycles. The predicted molar refractivity (Wildman–Crippen MR) is 133 cm³/mol. The summed E-state index contributed by atoms with van der Waals surface area (Å²) in [6.07, 6.45) is 0. The van der Waals surface area contributed by atoms with E-state index in [1.807, 2.05) is 18.2 Å². The third-order valence-electron chi connectivity index (χ3n) is 4.66. The first-order valence-corrected chi connectivity index (χ1v) is 11.3. The summed E-state index contributed by atoms with van der Waals surface area (Å²) < 4.78 is 6.63. The fraction of sp³-hybridized carbons (Fsp3) is 0.0833. The smallest absolute Gasteiger partial charge is 0.241 e. The van der Waals surface area contributed by atoms with E-state index in [1.54, 1.807) is 36.4 Å². The zero-order chi connectivity index (χ0) is 23.5. The molecule has 0 spiro atoms. The Morgan fingerprint density at radius 3 is 2.42 bits per heavy atom. The second-order valence-corrected chi connectivity index (χ2v) is 8.83. The van der Waals surface area contributed by atoms with Crippen molar-refractivity contribution in [2.75, 3.05) is 11.9 Å². The number of amides is 1. The van der Waals surface area contributed by atoms with Gasteiger partial charge in [0.2, 0.25) is 17.6 Å². The van der Waals surface area contributed by atoms with E-state index in [0.29, 0.717) is 33.0 Å². The molecule has 0 radical (unpaired) electrons. The average Bonchev–Trinajstić information content (AvgIpc) is 2.77. The van der Waals surface area contributed by atoms with Crippen molar-refractivity contribution in [3.8, 4) is 17.1 Å². The number of hydrogen-bond acceptors (Lipinski definition) is 5. The van der Waals surface area contributed by atoms with Crippen molar-refractivity contribution in [3.05, 3.63) is 80.7 Å². The molecule has 33 heavy (non-hydrogen) atoms. The third-order valence-corrected chi connectivity index (χ3v) is 5.70. The molecule has 9 heteroatoms. The van der Waals surface area contributed by atoms with Crippen molar-refractivity contribution in [2.24, 2.45) is 0 Å². The topological polar surface area (TPSA) is 81.2 Å². The highest BCUT2D eigenvalue weighted by molar-refractivity contribution is 9.10. The van der Waals surface area contributed by atoms with Gasteiger partial charge in [-0.05, 0) is 48.5 Å². The number of para-hydroxylation sites is 2. The molecule has 0 fully saturated rings. The quantitative estimate of drug-likeness (QED) is 0.277. The molecule has 0 bridgehead atoms. The molecule has 4 rings (SSSR count). The van der Waals surface area contributed by atoms with Crippen LogP contribution in [0.15, 0.2) is 65.1 Å². The minimum Gasteiger partial charge on any atom is -0.468 e. The van der Waals surface area contributed by atoms with Gasteiger partial charge >= 0.3 is 0 Å². The summed E-state index contributed by atoms with van der Waals surface area (Å²) >= 11 is 15.5. The van der Waals surface area contributed by atoms with Gasteiger partial charge in [0.05, 0.1) is 21.7 Å². The van der Waals surface area contributed by atoms with Gasteiger partial charge in [-0.15, -0.1) is 0 Å². The summed E-state index contributed by atoms with van der Waals surface area (Å²) in [5.41, 5.74) is 3.04. The van der Waals surface area contributed by atoms with E-state index < -0.39 is 0 Å². The van der Waals surface area contributed by atoms with Crippen molar-refractivity contribution >= 4 is 67.5 Å². The van der Waals surface area contributed by atoms with E-state index >= 15 is 0 Å². The highest BCUT2D eigenvalue weighted by atomic mass is 79.9. The number of nitrogens with one attached hydrogen (secondary N) is 1. The molecule has 1 heterocycles. The lowest BCUT2D eigenvalue weighted by atomic mass is 10.1. The van der Waals surface area contributed by atoms with Crippen LogP contribution in [0.2, 0.25) is 10.0 Å². The predicted octanol–water partition coefficient (Wildman–Crippen LogP) is 6.59. The van der Waals surface area contributed by atoms with Gasteiger partial charge in [-0.3, -0.25) is 9.59 Å². The maximum atomic E-state index is 12.8. The van der Waals surface area contributed by atoms with Crippen molar-refractivity contribution < 1.29 is 14.3 Å². The molecule has 0 saturated carbocycles. The van der Waals surface area contributed by atoms with Crippen LogP contribution in [0.3, 0.4) is 0 Å². The molecule has 3 aromatic carbocycles. The van der Waals surface area contributed by atoms with Crippen LogP contribution in [0.1, 0.15) is 17.3 Å². The molecule has 0 aliphatic carbocycles. The van der Waals surface area contributed by atoms with Crippen LogP contribution >= 0.6 is 39.1 Å². The Morgan fingerprint density at radius 2 is 1.73 bits per heavy atom. The molecular formula is C24H16BrCl2N3O3. The Bertz CT molecular complexity index is 1400. The van der Waals surface area contributed by atoms with E-state index in [2.05, 4.69) is 26.2 Å². The minimum atomic E-state index is -0.339. The number of Topliss-reactive ketones (excluding diaryl/α,β-unsaturated/α-hetero) is 1. The highest BCUT2D eigenvalue weighted by Crippen LogP contribution is 2.36. The molecule has 0 atom stereocenters. The molecule has 6 nitrogen and oxygen atoms in total. The number of fused-ring (bicyclic) bond motifs is 1. The van der Waals surface area contributed by atoms with Gasteiger partial charge in [-0.2, -0.15) is 0 Å². The van der Waals surface area contributed by atoms with Crippen molar-refractivity contribution in [1.82, 2.24) is 9.97 Å². The van der Waals surface area contributed by atoms with Crippen molar-refractivity contribution in [2.45, 2.75) is 6.92 Å². The number of ether oxygens (including phenoxy) is 1. The Balaban J connectivity index is 1.77. The van der Waals surface area contributed by atoms with Gasteiger partial charge in [-0.25, -0.2) is 9.97 Å². The lowest BCUT2D eigenvalue weighted by molar-refractivity contribution is -0.114. The number of halogens is 3. The first kappa shape index (κ1) is 23.2. The number of aromatic nitrogens is 2. The monoisotopic (exact) mass is 543 g/mol. The van der Waals surface area contributed by atoms with E-state index in [1.165, 1.54) is 13.0 Å². The SMILES string of the molecule is CC(=O)Nc1ccc(Br)cc1-c1nc2ccccc2nc1OCC(=O)c1ccc(Cl)cc1Cl. The summed E-state index contributed by atoms with van der Waals surface area (Å²) in [6, 6.07) is 17.3. The number of nitrogens with zero attached hydrogens (tertiary/aromatic N) is 2. The molecule has 0 aliphatic rings. The van der Waals surface area contributed by atoms with Crippen molar-refractivity contribution in [3.63, 3.8) is 0 Å². The second-order valence-electron chi connectivity index (χ2n) is 7.07. The summed E-state index contributed by atoms with van der Waals surface area (Å²) in [4.78, 5) is 33.8. The minimum absolute atomic E-state index is 0.150. The van der Waals surface area contributed by atoms with Gasteiger partial charge < -0.3 is 10.1 Å². The van der Waals surface area contributed by atoms with Crippen LogP contribution in [0.25, 0.3) is 22.3 Å². The number of hydrogen-bond donors (Lipinski definition) is 1. The Morgan fingerprint density at radius 1 is 1.00 bits per heavy atom. The lowest BCUT2D eigenvalue weighted by Gasteiger charge is -2.15. The summed E-state index contributed by atoms with van der Waals surface area (Å²) in [5, 5.41) is 3.47. The van der Waals surface area contributed by atoms with Crippen LogP contribution in [-0.4, -0.2) is 28.3 Å². The zero-order valence-corrected chi connectivity index (χ0v) is 20.3. The number of ketones is 1. The maximum Gasteiger partial charge on any atom is 0.241 e. The number of carbonyl (C=O) groups is 2. The van der Waals surface area contributed by atoms with Crippen LogP contribution in [0, 0.1) is 0 Å². The lowest BCUT2D eigenvalue weighted by Crippen LogP contribution is -2.14. The fourth-order valence-electron chi connectivity index (χ4n) is 3.20. The average molecular weight is 545 g/mol. The van der Waals surface area contributed by atoms with Gasteiger partial charge in [0, 0.05) is 27.5 Å². The standard InChI is InChI=1S/C24H16BrCl2N3O3/c1-13(31)28-19-9-6-14(25)10-17(19)23-24(30-21-5-3-2-4-20(21)29-23)33-12-22(32)16-8-7-15(26)11-18(16)27/h2-11H,12H2,1H3,(H,28,31). The summed E-state index contributed by atoms with van der Waals surface area (Å²) in [5.74, 6) is -0.423. The summed E-state index contributed by atoms with van der Waals surface area (Å²) in [6.45, 7) is 1.11. The first-order valence-electron chi connectivity index (χ1n) is 9.77. The van der Waals surface area contributed by atoms with E-state index in [0.717, 1.165) is 4.47 Å². The van der Waals surface area contributed by atoms with E-state index in [-0.39, 0.29) is 34.8 Å².